The fourth-order valence-corrected chi connectivity index (χ4v) is 3.30. The largest absolute Gasteiger partial charge is 0.497 e. The average Bonchev–Trinajstić information content (AvgIpc) is 2.84. The zero-order valence-corrected chi connectivity index (χ0v) is 13.3. The minimum Gasteiger partial charge on any atom is -0.497 e. The van der Waals surface area contributed by atoms with Crippen molar-refractivity contribution in [1.29, 1.82) is 0 Å². The number of fused-ring (bicyclic) bond motifs is 1. The van der Waals surface area contributed by atoms with Gasteiger partial charge in [0.25, 0.3) is 0 Å². The van der Waals surface area contributed by atoms with Crippen molar-refractivity contribution in [1.82, 2.24) is 10.2 Å². The molecule has 2 atom stereocenters. The molecule has 1 aromatic rings. The lowest BCUT2D eigenvalue weighted by atomic mass is 10.1. The van der Waals surface area contributed by atoms with Crippen molar-refractivity contribution in [2.24, 2.45) is 0 Å². The third-order valence-corrected chi connectivity index (χ3v) is 4.40. The van der Waals surface area contributed by atoms with Crippen molar-refractivity contribution in [3.05, 3.63) is 29.3 Å². The predicted molar refractivity (Wildman–Crippen MR) is 84.4 cm³/mol. The summed E-state index contributed by atoms with van der Waals surface area (Å²) in [5.74, 6) is 0.965. The van der Waals surface area contributed by atoms with E-state index in [1.54, 1.807) is 7.11 Å². The molecule has 0 aliphatic heterocycles. The monoisotopic (exact) mass is 276 g/mol. The van der Waals surface area contributed by atoms with Crippen molar-refractivity contribution in [3.63, 3.8) is 0 Å². The molecule has 20 heavy (non-hydrogen) atoms. The molecule has 0 amide bonds. The van der Waals surface area contributed by atoms with E-state index in [-0.39, 0.29) is 0 Å². The average molecular weight is 276 g/mol. The van der Waals surface area contributed by atoms with Gasteiger partial charge in [0.2, 0.25) is 0 Å². The van der Waals surface area contributed by atoms with Crippen LogP contribution in [0.25, 0.3) is 0 Å². The molecule has 0 aromatic heterocycles. The smallest absolute Gasteiger partial charge is 0.119 e. The molecule has 3 nitrogen and oxygen atoms in total. The molecule has 112 valence electrons. The van der Waals surface area contributed by atoms with Gasteiger partial charge in [0.15, 0.2) is 0 Å². The van der Waals surface area contributed by atoms with Gasteiger partial charge in [-0.2, -0.15) is 0 Å². The van der Waals surface area contributed by atoms with Crippen molar-refractivity contribution < 1.29 is 4.74 Å². The Morgan fingerprint density at radius 2 is 2.00 bits per heavy atom. The molecule has 0 saturated heterocycles. The van der Waals surface area contributed by atoms with Crippen LogP contribution in [0.15, 0.2) is 18.2 Å². The van der Waals surface area contributed by atoms with E-state index in [9.17, 15) is 0 Å². The van der Waals surface area contributed by atoms with Crippen LogP contribution in [0.2, 0.25) is 0 Å². The molecule has 0 heterocycles. The summed E-state index contributed by atoms with van der Waals surface area (Å²) in [7, 11) is 1.74. The van der Waals surface area contributed by atoms with E-state index >= 15 is 0 Å². The van der Waals surface area contributed by atoms with Crippen molar-refractivity contribution >= 4 is 0 Å². The minimum atomic E-state index is 0.431. The van der Waals surface area contributed by atoms with E-state index in [1.807, 2.05) is 0 Å². The third-order valence-electron chi connectivity index (χ3n) is 4.40. The highest BCUT2D eigenvalue weighted by molar-refractivity contribution is 5.42. The maximum absolute atomic E-state index is 5.40. The van der Waals surface area contributed by atoms with Gasteiger partial charge in [-0.05, 0) is 55.7 Å². The molecule has 2 unspecified atom stereocenters. The van der Waals surface area contributed by atoms with Crippen LogP contribution < -0.4 is 10.1 Å². The van der Waals surface area contributed by atoms with Crippen LogP contribution in [-0.4, -0.2) is 37.7 Å². The summed E-state index contributed by atoms with van der Waals surface area (Å²) in [4.78, 5) is 2.57. The second-order valence-electron chi connectivity index (χ2n) is 5.49. The van der Waals surface area contributed by atoms with Gasteiger partial charge >= 0.3 is 0 Å². The lowest BCUT2D eigenvalue weighted by molar-refractivity contribution is 0.183. The van der Waals surface area contributed by atoms with Crippen LogP contribution in [0.4, 0.5) is 0 Å². The molecule has 2 rings (SSSR count). The Morgan fingerprint density at radius 1 is 1.25 bits per heavy atom. The summed E-state index contributed by atoms with van der Waals surface area (Å²) in [5.41, 5.74) is 2.89. The molecule has 1 aliphatic rings. The van der Waals surface area contributed by atoms with E-state index in [0.29, 0.717) is 12.1 Å². The number of rotatable bonds is 7. The van der Waals surface area contributed by atoms with Gasteiger partial charge in [0.1, 0.15) is 5.75 Å². The first-order chi connectivity index (χ1) is 9.74. The van der Waals surface area contributed by atoms with E-state index in [1.165, 1.54) is 17.5 Å². The highest BCUT2D eigenvalue weighted by Gasteiger charge is 2.35. The Balaban J connectivity index is 2.28. The second-order valence-corrected chi connectivity index (χ2v) is 5.49. The van der Waals surface area contributed by atoms with Crippen LogP contribution in [0, 0.1) is 0 Å². The molecule has 0 fully saturated rings. The molecule has 1 aliphatic carbocycles. The zero-order chi connectivity index (χ0) is 14.5. The van der Waals surface area contributed by atoms with Crippen LogP contribution in [-0.2, 0) is 6.42 Å². The molecule has 0 radical (unpaired) electrons. The fourth-order valence-electron chi connectivity index (χ4n) is 3.30. The van der Waals surface area contributed by atoms with Crippen LogP contribution in [0.1, 0.15) is 44.4 Å². The van der Waals surface area contributed by atoms with Gasteiger partial charge in [0.05, 0.1) is 7.11 Å². The first kappa shape index (κ1) is 15.3. The molecule has 0 saturated carbocycles. The topological polar surface area (TPSA) is 24.5 Å². The lowest BCUT2D eigenvalue weighted by Crippen LogP contribution is -2.43. The van der Waals surface area contributed by atoms with Crippen molar-refractivity contribution in [2.75, 3.05) is 26.7 Å². The number of ether oxygens (including phenoxy) is 1. The van der Waals surface area contributed by atoms with E-state index < -0.39 is 0 Å². The summed E-state index contributed by atoms with van der Waals surface area (Å²) >= 11 is 0. The summed E-state index contributed by atoms with van der Waals surface area (Å²) in [6.07, 6.45) is 2.31. The van der Waals surface area contributed by atoms with Gasteiger partial charge < -0.3 is 10.1 Å². The highest BCUT2D eigenvalue weighted by Crippen LogP contribution is 2.36. The van der Waals surface area contributed by atoms with Crippen LogP contribution >= 0.6 is 0 Å². The van der Waals surface area contributed by atoms with E-state index in [0.717, 1.165) is 31.8 Å². The summed E-state index contributed by atoms with van der Waals surface area (Å²) < 4.78 is 5.40. The number of methoxy groups -OCH3 is 1. The maximum Gasteiger partial charge on any atom is 0.119 e. The van der Waals surface area contributed by atoms with Crippen molar-refractivity contribution in [3.8, 4) is 5.75 Å². The van der Waals surface area contributed by atoms with Crippen molar-refractivity contribution in [2.45, 2.75) is 45.7 Å². The Morgan fingerprint density at radius 3 is 2.60 bits per heavy atom. The molecule has 0 bridgehead atoms. The van der Waals surface area contributed by atoms with Gasteiger partial charge in [-0.1, -0.05) is 26.8 Å². The van der Waals surface area contributed by atoms with E-state index in [2.05, 4.69) is 49.2 Å². The number of likely N-dealkylation sites (N-methyl/N-ethyl adjacent to an activating group) is 1. The second kappa shape index (κ2) is 7.09. The third kappa shape index (κ3) is 2.99. The highest BCUT2D eigenvalue weighted by atomic mass is 16.5. The van der Waals surface area contributed by atoms with Gasteiger partial charge in [-0.3, -0.25) is 4.90 Å². The molecular weight excluding hydrogens is 248 g/mol. The Kier molecular flexibility index (Phi) is 5.44. The van der Waals surface area contributed by atoms with Gasteiger partial charge in [-0.15, -0.1) is 0 Å². The van der Waals surface area contributed by atoms with Gasteiger partial charge in [0, 0.05) is 12.1 Å². The Bertz CT molecular complexity index is 429. The number of hydrogen-bond acceptors (Lipinski definition) is 3. The molecule has 1 aromatic carbocycles. The molecular formula is C17H28N2O. The van der Waals surface area contributed by atoms with Crippen LogP contribution in [0.5, 0.6) is 5.75 Å². The fraction of sp³-hybridized carbons (Fsp3) is 0.647. The number of hydrogen-bond donors (Lipinski definition) is 1. The Labute approximate surface area is 123 Å². The van der Waals surface area contributed by atoms with E-state index in [4.69, 9.17) is 4.74 Å². The Hall–Kier alpha value is -1.06. The minimum absolute atomic E-state index is 0.431. The van der Waals surface area contributed by atoms with Gasteiger partial charge in [-0.25, -0.2) is 0 Å². The summed E-state index contributed by atoms with van der Waals surface area (Å²) in [6, 6.07) is 7.53. The maximum atomic E-state index is 5.40. The summed E-state index contributed by atoms with van der Waals surface area (Å²) in [5, 5.41) is 3.74. The normalized spacial score (nSPS) is 21.2. The summed E-state index contributed by atoms with van der Waals surface area (Å²) in [6.45, 7) is 10.0. The molecule has 0 spiro atoms. The first-order valence-electron chi connectivity index (χ1n) is 7.89. The molecule has 3 heteroatoms. The number of nitrogens with one attached hydrogen (secondary N) is 1. The predicted octanol–water partition coefficient (Wildman–Crippen LogP) is 3.00. The number of nitrogens with zero attached hydrogens (tertiary/aromatic N) is 1. The molecule has 1 N–H and O–H groups in total. The standard InChI is InChI=1S/C17H28N2O/c1-5-10-18-17-15-12-14(20-4)9-8-13(15)11-16(17)19(6-2)7-3/h8-9,12,16-18H,5-7,10-11H2,1-4H3. The SMILES string of the molecule is CCCNC1c2cc(OC)ccc2CC1N(CC)CC. The van der Waals surface area contributed by atoms with Crippen LogP contribution in [0.3, 0.4) is 0 Å². The zero-order valence-electron chi connectivity index (χ0n) is 13.3. The lowest BCUT2D eigenvalue weighted by Gasteiger charge is -2.32. The quantitative estimate of drug-likeness (QED) is 0.828. The first-order valence-corrected chi connectivity index (χ1v) is 7.89. The number of benzene rings is 1.